The Balaban J connectivity index is 1.89. The molecule has 1 N–H and O–H groups in total. The maximum atomic E-state index is 13.1. The molecule has 0 saturated heterocycles. The lowest BCUT2D eigenvalue weighted by Crippen LogP contribution is -2.33. The van der Waals surface area contributed by atoms with Crippen molar-refractivity contribution in [2.75, 3.05) is 0 Å². The van der Waals surface area contributed by atoms with E-state index in [2.05, 4.69) is 14.8 Å². The maximum absolute atomic E-state index is 13.1. The van der Waals surface area contributed by atoms with Crippen molar-refractivity contribution in [2.24, 2.45) is 0 Å². The highest BCUT2D eigenvalue weighted by Crippen LogP contribution is 2.25. The summed E-state index contributed by atoms with van der Waals surface area (Å²) in [7, 11) is -3.80. The lowest BCUT2D eigenvalue weighted by Gasteiger charge is -2.23. The number of hydrogen-bond donors (Lipinski definition) is 1. The second kappa shape index (κ2) is 5.36. The number of hydrogen-bond acceptors (Lipinski definition) is 4. The Morgan fingerprint density at radius 1 is 1.43 bits per heavy atom. The summed E-state index contributed by atoms with van der Waals surface area (Å²) in [4.78, 5) is 4.01. The number of sulfonamides is 1. The molecular weight excluding hydrogens is 319 g/mol. The zero-order chi connectivity index (χ0) is 15.0. The summed E-state index contributed by atoms with van der Waals surface area (Å²) in [6.45, 7) is 0.718. The second-order valence-corrected chi connectivity index (χ2v) is 6.85. The van der Waals surface area contributed by atoms with Crippen molar-refractivity contribution in [1.82, 2.24) is 19.5 Å². The van der Waals surface area contributed by atoms with Gasteiger partial charge >= 0.3 is 0 Å². The minimum absolute atomic E-state index is 0.0782. The van der Waals surface area contributed by atoms with E-state index in [4.69, 9.17) is 11.6 Å². The van der Waals surface area contributed by atoms with Gasteiger partial charge in [-0.1, -0.05) is 11.6 Å². The molecule has 3 rings (SSSR count). The molecule has 2 aromatic rings. The van der Waals surface area contributed by atoms with Crippen LogP contribution >= 0.6 is 11.6 Å². The van der Waals surface area contributed by atoms with Crippen molar-refractivity contribution < 1.29 is 12.8 Å². The van der Waals surface area contributed by atoms with Gasteiger partial charge in [0.2, 0.25) is 10.0 Å². The van der Waals surface area contributed by atoms with E-state index in [1.165, 1.54) is 12.4 Å². The molecule has 9 heteroatoms. The predicted molar refractivity (Wildman–Crippen MR) is 73.7 cm³/mol. The summed E-state index contributed by atoms with van der Waals surface area (Å²) in [6, 6.07) is 2.85. The molecule has 0 unspecified atom stereocenters. The van der Waals surface area contributed by atoms with Gasteiger partial charge < -0.3 is 0 Å². The minimum Gasteiger partial charge on any atom is -0.248 e. The van der Waals surface area contributed by atoms with E-state index in [1.54, 1.807) is 4.68 Å². The van der Waals surface area contributed by atoms with Gasteiger partial charge in [-0.2, -0.15) is 5.10 Å². The van der Waals surface area contributed by atoms with Gasteiger partial charge in [0.25, 0.3) is 0 Å². The fourth-order valence-corrected chi connectivity index (χ4v) is 3.80. The van der Waals surface area contributed by atoms with Gasteiger partial charge in [-0.05, 0) is 31.0 Å². The molecule has 112 valence electrons. The molecule has 0 spiro atoms. The minimum atomic E-state index is -3.80. The topological polar surface area (TPSA) is 76.9 Å². The summed E-state index contributed by atoms with van der Waals surface area (Å²) in [5.74, 6) is -0.0777. The Kier molecular flexibility index (Phi) is 3.68. The van der Waals surface area contributed by atoms with Gasteiger partial charge in [0.15, 0.2) is 0 Å². The Labute approximate surface area is 126 Å². The van der Waals surface area contributed by atoms with Crippen LogP contribution in [-0.4, -0.2) is 23.2 Å². The van der Waals surface area contributed by atoms with Crippen LogP contribution in [0.2, 0.25) is 5.02 Å². The SMILES string of the molecule is O=S(=O)(N[C@@H]1CCCn2ncnc21)c1ccc(F)c(Cl)c1. The Hall–Kier alpha value is -1.51. The molecule has 1 atom stereocenters. The van der Waals surface area contributed by atoms with Crippen molar-refractivity contribution in [3.05, 3.63) is 41.2 Å². The first-order valence-corrected chi connectivity index (χ1v) is 8.18. The van der Waals surface area contributed by atoms with E-state index in [0.717, 1.165) is 25.1 Å². The standard InChI is InChI=1S/C12H12ClFN4O2S/c13-9-6-8(3-4-10(9)14)21(19,20)17-11-2-1-5-18-12(11)15-7-16-18/h3-4,6-7,11,17H,1-2,5H2/t11-/m1/s1. The van der Waals surface area contributed by atoms with Crippen LogP contribution < -0.4 is 4.72 Å². The molecule has 1 aliphatic heterocycles. The summed E-state index contributed by atoms with van der Waals surface area (Å²) in [5.41, 5.74) is 0. The van der Waals surface area contributed by atoms with E-state index in [0.29, 0.717) is 12.2 Å². The third-order valence-electron chi connectivity index (χ3n) is 3.32. The lowest BCUT2D eigenvalue weighted by atomic mass is 10.1. The van der Waals surface area contributed by atoms with Crippen LogP contribution in [0.3, 0.4) is 0 Å². The largest absolute Gasteiger partial charge is 0.248 e. The van der Waals surface area contributed by atoms with Crippen LogP contribution in [0.5, 0.6) is 0 Å². The fraction of sp³-hybridized carbons (Fsp3) is 0.333. The van der Waals surface area contributed by atoms with Gasteiger partial charge in [0.1, 0.15) is 18.0 Å². The van der Waals surface area contributed by atoms with Gasteiger partial charge in [-0.15, -0.1) is 0 Å². The lowest BCUT2D eigenvalue weighted by molar-refractivity contribution is 0.400. The molecule has 0 radical (unpaired) electrons. The van der Waals surface area contributed by atoms with Crippen LogP contribution in [-0.2, 0) is 16.6 Å². The molecule has 0 bridgehead atoms. The third kappa shape index (κ3) is 2.78. The molecule has 2 heterocycles. The van der Waals surface area contributed by atoms with Crippen molar-refractivity contribution in [1.29, 1.82) is 0 Å². The quantitative estimate of drug-likeness (QED) is 0.932. The summed E-state index contributed by atoms with van der Waals surface area (Å²) < 4.78 is 42.1. The van der Waals surface area contributed by atoms with Gasteiger partial charge in [-0.25, -0.2) is 27.2 Å². The summed E-state index contributed by atoms with van der Waals surface area (Å²) in [6.07, 6.45) is 2.83. The number of fused-ring (bicyclic) bond motifs is 1. The Bertz CT molecular complexity index is 777. The monoisotopic (exact) mass is 330 g/mol. The molecule has 6 nitrogen and oxygen atoms in total. The number of nitrogens with one attached hydrogen (secondary N) is 1. The number of rotatable bonds is 3. The smallest absolute Gasteiger partial charge is 0.241 e. The van der Waals surface area contributed by atoms with E-state index < -0.39 is 21.9 Å². The normalized spacial score (nSPS) is 18.5. The van der Waals surface area contributed by atoms with Gasteiger partial charge in [-0.3, -0.25) is 0 Å². The van der Waals surface area contributed by atoms with Crippen molar-refractivity contribution in [3.8, 4) is 0 Å². The molecular formula is C12H12ClFN4O2S. The Morgan fingerprint density at radius 3 is 3.00 bits per heavy atom. The van der Waals surface area contributed by atoms with E-state index in [9.17, 15) is 12.8 Å². The molecule has 0 amide bonds. The first kappa shape index (κ1) is 14.4. The van der Waals surface area contributed by atoms with Crippen LogP contribution in [0.15, 0.2) is 29.4 Å². The van der Waals surface area contributed by atoms with Gasteiger partial charge in [0, 0.05) is 6.54 Å². The van der Waals surface area contributed by atoms with Crippen LogP contribution in [0.1, 0.15) is 24.7 Å². The van der Waals surface area contributed by atoms with Crippen LogP contribution in [0.25, 0.3) is 0 Å². The first-order chi connectivity index (χ1) is 9.97. The molecule has 1 aromatic heterocycles. The average molecular weight is 331 g/mol. The van der Waals surface area contributed by atoms with Crippen LogP contribution in [0.4, 0.5) is 4.39 Å². The van der Waals surface area contributed by atoms with E-state index >= 15 is 0 Å². The molecule has 21 heavy (non-hydrogen) atoms. The molecule has 0 aliphatic carbocycles. The fourth-order valence-electron chi connectivity index (χ4n) is 2.30. The van der Waals surface area contributed by atoms with E-state index in [1.807, 2.05) is 0 Å². The van der Waals surface area contributed by atoms with Crippen molar-refractivity contribution in [3.63, 3.8) is 0 Å². The molecule has 1 aromatic carbocycles. The zero-order valence-corrected chi connectivity index (χ0v) is 12.4. The number of benzene rings is 1. The second-order valence-electron chi connectivity index (χ2n) is 4.73. The molecule has 0 fully saturated rings. The number of halogens is 2. The Morgan fingerprint density at radius 2 is 2.24 bits per heavy atom. The highest BCUT2D eigenvalue weighted by atomic mass is 35.5. The summed E-state index contributed by atoms with van der Waals surface area (Å²) >= 11 is 5.63. The number of aryl methyl sites for hydroxylation is 1. The van der Waals surface area contributed by atoms with Crippen molar-refractivity contribution in [2.45, 2.75) is 30.3 Å². The highest BCUT2D eigenvalue weighted by molar-refractivity contribution is 7.89. The highest BCUT2D eigenvalue weighted by Gasteiger charge is 2.28. The predicted octanol–water partition coefficient (Wildman–Crippen LogP) is 1.88. The van der Waals surface area contributed by atoms with Crippen LogP contribution in [0, 0.1) is 5.82 Å². The zero-order valence-electron chi connectivity index (χ0n) is 10.8. The maximum Gasteiger partial charge on any atom is 0.241 e. The summed E-state index contributed by atoms with van der Waals surface area (Å²) in [5, 5.41) is 3.80. The van der Waals surface area contributed by atoms with Crippen molar-refractivity contribution >= 4 is 21.6 Å². The number of aromatic nitrogens is 3. The van der Waals surface area contributed by atoms with Gasteiger partial charge in [0.05, 0.1) is 16.0 Å². The molecule has 1 aliphatic rings. The third-order valence-corrected chi connectivity index (χ3v) is 5.08. The molecule has 0 saturated carbocycles. The average Bonchev–Trinajstić information content (AvgIpc) is 2.91. The van der Waals surface area contributed by atoms with E-state index in [-0.39, 0.29) is 9.92 Å². The first-order valence-electron chi connectivity index (χ1n) is 6.32. The number of nitrogens with zero attached hydrogens (tertiary/aromatic N) is 3.